The van der Waals surface area contributed by atoms with Crippen LogP contribution in [-0.4, -0.2) is 36.1 Å². The standard InChI is InChI=1S/C17H26N6O/c24-17(18-9-8-16-19-21-22-20-16)13-11-15(12-5-2-1-3-6-12)23-10-4-7-14(13)23/h1-3,5-6,13-16,19-22H,4,7-11H2,(H,18,24)/t13-,14+,15-/m1/s1. The van der Waals surface area contributed by atoms with Gasteiger partial charge in [-0.15, -0.1) is 0 Å². The second kappa shape index (κ2) is 7.16. The number of hydrogen-bond donors (Lipinski definition) is 5. The zero-order valence-corrected chi connectivity index (χ0v) is 13.8. The molecule has 0 aliphatic carbocycles. The molecular weight excluding hydrogens is 304 g/mol. The van der Waals surface area contributed by atoms with E-state index in [1.54, 1.807) is 0 Å². The van der Waals surface area contributed by atoms with Crippen LogP contribution in [0, 0.1) is 5.92 Å². The molecule has 0 aromatic heterocycles. The van der Waals surface area contributed by atoms with Crippen LogP contribution < -0.4 is 27.2 Å². The summed E-state index contributed by atoms with van der Waals surface area (Å²) in [6.07, 6.45) is 4.23. The van der Waals surface area contributed by atoms with E-state index in [2.05, 4.69) is 62.5 Å². The van der Waals surface area contributed by atoms with Gasteiger partial charge < -0.3 is 5.32 Å². The molecule has 5 N–H and O–H groups in total. The van der Waals surface area contributed by atoms with E-state index < -0.39 is 0 Å². The van der Waals surface area contributed by atoms with Crippen molar-refractivity contribution >= 4 is 5.91 Å². The van der Waals surface area contributed by atoms with E-state index in [0.29, 0.717) is 18.6 Å². The van der Waals surface area contributed by atoms with Crippen molar-refractivity contribution in [2.45, 2.75) is 43.9 Å². The number of rotatable bonds is 5. The minimum Gasteiger partial charge on any atom is -0.356 e. The fourth-order valence-electron chi connectivity index (χ4n) is 4.35. The lowest BCUT2D eigenvalue weighted by molar-refractivity contribution is -0.125. The van der Waals surface area contributed by atoms with Crippen LogP contribution in [0.2, 0.25) is 0 Å². The second-order valence-electron chi connectivity index (χ2n) is 6.89. The van der Waals surface area contributed by atoms with Crippen LogP contribution in [0.4, 0.5) is 0 Å². The number of nitrogens with zero attached hydrogens (tertiary/aromatic N) is 1. The third kappa shape index (κ3) is 3.18. The third-order valence-corrected chi connectivity index (χ3v) is 5.49. The lowest BCUT2D eigenvalue weighted by atomic mass is 9.93. The Kier molecular flexibility index (Phi) is 4.77. The summed E-state index contributed by atoms with van der Waals surface area (Å²) < 4.78 is 0. The summed E-state index contributed by atoms with van der Waals surface area (Å²) in [5.41, 5.74) is 13.0. The van der Waals surface area contributed by atoms with Gasteiger partial charge >= 0.3 is 0 Å². The number of carbonyl (C=O) groups excluding carboxylic acids is 1. The number of benzene rings is 1. The molecule has 1 aromatic rings. The molecule has 3 heterocycles. The van der Waals surface area contributed by atoms with Gasteiger partial charge in [0.25, 0.3) is 0 Å². The Morgan fingerprint density at radius 3 is 2.79 bits per heavy atom. The van der Waals surface area contributed by atoms with Crippen LogP contribution in [0.3, 0.4) is 0 Å². The van der Waals surface area contributed by atoms with Gasteiger partial charge in [0.1, 0.15) is 0 Å². The van der Waals surface area contributed by atoms with Crippen LogP contribution in [-0.2, 0) is 4.79 Å². The molecule has 0 radical (unpaired) electrons. The highest BCUT2D eigenvalue weighted by atomic mass is 16.2. The maximum Gasteiger partial charge on any atom is 0.224 e. The Morgan fingerprint density at radius 1 is 1.21 bits per heavy atom. The molecule has 7 nitrogen and oxygen atoms in total. The van der Waals surface area contributed by atoms with E-state index >= 15 is 0 Å². The van der Waals surface area contributed by atoms with E-state index in [9.17, 15) is 4.79 Å². The lowest BCUT2D eigenvalue weighted by Crippen LogP contribution is -2.41. The minimum absolute atomic E-state index is 0.110. The quantitative estimate of drug-likeness (QED) is 0.529. The molecular formula is C17H26N6O. The first-order chi connectivity index (χ1) is 11.8. The van der Waals surface area contributed by atoms with Gasteiger partial charge in [-0.25, -0.2) is 10.9 Å². The molecule has 4 rings (SSSR count). The van der Waals surface area contributed by atoms with E-state index in [1.165, 1.54) is 12.0 Å². The van der Waals surface area contributed by atoms with Crippen molar-refractivity contribution in [1.29, 1.82) is 0 Å². The van der Waals surface area contributed by atoms with Gasteiger partial charge in [0.2, 0.25) is 5.91 Å². The number of fused-ring (bicyclic) bond motifs is 1. The minimum atomic E-state index is 0.110. The van der Waals surface area contributed by atoms with Gasteiger partial charge in [-0.1, -0.05) is 30.3 Å². The normalized spacial score (nSPS) is 30.6. The van der Waals surface area contributed by atoms with Crippen molar-refractivity contribution in [2.24, 2.45) is 5.92 Å². The fraction of sp³-hybridized carbons (Fsp3) is 0.588. The number of amides is 1. The van der Waals surface area contributed by atoms with Crippen LogP contribution in [0.25, 0.3) is 0 Å². The van der Waals surface area contributed by atoms with E-state index in [4.69, 9.17) is 0 Å². The predicted molar refractivity (Wildman–Crippen MR) is 91.0 cm³/mol. The highest BCUT2D eigenvalue weighted by Crippen LogP contribution is 2.44. The Labute approximate surface area is 142 Å². The Hall–Kier alpha value is -1.51. The van der Waals surface area contributed by atoms with Crippen molar-refractivity contribution in [3.8, 4) is 0 Å². The van der Waals surface area contributed by atoms with Gasteiger partial charge in [0.15, 0.2) is 0 Å². The summed E-state index contributed by atoms with van der Waals surface area (Å²) >= 11 is 0. The molecule has 3 aliphatic heterocycles. The summed E-state index contributed by atoms with van der Waals surface area (Å²) in [6, 6.07) is 11.4. The van der Waals surface area contributed by atoms with Gasteiger partial charge in [0.05, 0.1) is 12.1 Å². The number of nitrogens with one attached hydrogen (secondary N) is 5. The Morgan fingerprint density at radius 2 is 2.00 bits per heavy atom. The molecule has 24 heavy (non-hydrogen) atoms. The molecule has 3 fully saturated rings. The second-order valence-corrected chi connectivity index (χ2v) is 6.89. The molecule has 1 amide bonds. The molecule has 0 unspecified atom stereocenters. The molecule has 130 valence electrons. The Balaban J connectivity index is 1.37. The van der Waals surface area contributed by atoms with Crippen molar-refractivity contribution in [3.63, 3.8) is 0 Å². The van der Waals surface area contributed by atoms with Crippen molar-refractivity contribution in [3.05, 3.63) is 35.9 Å². The molecule has 1 aromatic carbocycles. The number of hydrogen-bond acceptors (Lipinski definition) is 6. The van der Waals surface area contributed by atoms with Crippen LogP contribution in [0.1, 0.15) is 37.3 Å². The first-order valence-corrected chi connectivity index (χ1v) is 8.92. The van der Waals surface area contributed by atoms with Crippen molar-refractivity contribution < 1.29 is 4.79 Å². The number of hydrazine groups is 3. The molecule has 7 heteroatoms. The van der Waals surface area contributed by atoms with Gasteiger partial charge in [0, 0.05) is 18.6 Å². The van der Waals surface area contributed by atoms with Gasteiger partial charge in [-0.05, 0) is 37.8 Å². The zero-order chi connectivity index (χ0) is 16.4. The highest BCUT2D eigenvalue weighted by molar-refractivity contribution is 5.80. The fourth-order valence-corrected chi connectivity index (χ4v) is 4.35. The molecule has 0 saturated carbocycles. The zero-order valence-electron chi connectivity index (χ0n) is 13.8. The lowest BCUT2D eigenvalue weighted by Gasteiger charge is -2.24. The summed E-state index contributed by atoms with van der Waals surface area (Å²) in [5.74, 6) is 0.322. The van der Waals surface area contributed by atoms with Gasteiger partial charge in [-0.2, -0.15) is 11.1 Å². The SMILES string of the molecule is O=C(NCCC1NNNN1)[C@@H]1C[C@H](c2ccccc2)N2CCC[C@@H]12. The topological polar surface area (TPSA) is 80.5 Å². The molecule has 0 spiro atoms. The maximum absolute atomic E-state index is 12.7. The van der Waals surface area contributed by atoms with Crippen LogP contribution in [0.15, 0.2) is 30.3 Å². The first-order valence-electron chi connectivity index (χ1n) is 8.92. The van der Waals surface area contributed by atoms with Crippen molar-refractivity contribution in [1.82, 2.24) is 32.1 Å². The third-order valence-electron chi connectivity index (χ3n) is 5.49. The molecule has 3 saturated heterocycles. The predicted octanol–water partition coefficient (Wildman–Crippen LogP) is 0.161. The average molecular weight is 330 g/mol. The monoisotopic (exact) mass is 330 g/mol. The van der Waals surface area contributed by atoms with Gasteiger partial charge in [-0.3, -0.25) is 9.69 Å². The summed E-state index contributed by atoms with van der Waals surface area (Å²) in [4.78, 5) is 15.3. The van der Waals surface area contributed by atoms with E-state index in [0.717, 1.165) is 25.8 Å². The van der Waals surface area contributed by atoms with Crippen LogP contribution in [0.5, 0.6) is 0 Å². The Bertz CT molecular complexity index is 561. The average Bonchev–Trinajstić information content (AvgIpc) is 3.33. The van der Waals surface area contributed by atoms with E-state index in [-0.39, 0.29) is 18.0 Å². The molecule has 3 aliphatic rings. The van der Waals surface area contributed by atoms with Crippen LogP contribution >= 0.6 is 0 Å². The summed E-state index contributed by atoms with van der Waals surface area (Å²) in [5, 5.41) is 3.13. The molecule has 3 atom stereocenters. The molecule has 0 bridgehead atoms. The highest BCUT2D eigenvalue weighted by Gasteiger charge is 2.46. The van der Waals surface area contributed by atoms with E-state index in [1.807, 2.05) is 0 Å². The number of carbonyl (C=O) groups is 1. The van der Waals surface area contributed by atoms with Crippen molar-refractivity contribution in [2.75, 3.05) is 13.1 Å². The largest absolute Gasteiger partial charge is 0.356 e. The first kappa shape index (κ1) is 16.0. The summed E-state index contributed by atoms with van der Waals surface area (Å²) in [7, 11) is 0. The summed E-state index contributed by atoms with van der Waals surface area (Å²) in [6.45, 7) is 1.79. The maximum atomic E-state index is 12.7. The smallest absolute Gasteiger partial charge is 0.224 e.